The van der Waals surface area contributed by atoms with Gasteiger partial charge in [-0.3, -0.25) is 4.79 Å². The fourth-order valence-electron chi connectivity index (χ4n) is 1.07. The molecule has 2 atom stereocenters. The Morgan fingerprint density at radius 2 is 2.15 bits per heavy atom. The molecule has 5 heteroatoms. The van der Waals surface area contributed by atoms with E-state index in [2.05, 4.69) is 5.32 Å². The zero-order valence-corrected chi connectivity index (χ0v) is 7.78. The van der Waals surface area contributed by atoms with Gasteiger partial charge in [-0.05, 0) is 12.3 Å². The summed E-state index contributed by atoms with van der Waals surface area (Å²) < 4.78 is 0. The Labute approximate surface area is 76.7 Å². The summed E-state index contributed by atoms with van der Waals surface area (Å²) in [7, 11) is 1.47. The summed E-state index contributed by atoms with van der Waals surface area (Å²) >= 11 is 0. The van der Waals surface area contributed by atoms with E-state index in [0.717, 1.165) is 11.3 Å². The number of nitrogens with zero attached hydrogens (tertiary/aromatic N) is 1. The lowest BCUT2D eigenvalue weighted by Crippen LogP contribution is -2.41. The standard InChI is InChI=1S/C8H14N2O3/c1-5-3-6(5)9-8(13)10(2)4-7(11)12/h5-6H,3-4H2,1-2H3,(H,9,13)(H,11,12). The van der Waals surface area contributed by atoms with Gasteiger partial charge in [0.1, 0.15) is 6.54 Å². The number of aliphatic carboxylic acids is 1. The van der Waals surface area contributed by atoms with Crippen molar-refractivity contribution < 1.29 is 14.7 Å². The van der Waals surface area contributed by atoms with Crippen molar-refractivity contribution >= 4 is 12.0 Å². The Balaban J connectivity index is 2.26. The number of hydrogen-bond donors (Lipinski definition) is 2. The van der Waals surface area contributed by atoms with Crippen molar-refractivity contribution in [3.05, 3.63) is 0 Å². The second kappa shape index (κ2) is 3.64. The van der Waals surface area contributed by atoms with Gasteiger partial charge in [-0.1, -0.05) is 6.92 Å². The molecule has 2 amide bonds. The number of amides is 2. The van der Waals surface area contributed by atoms with Crippen LogP contribution in [-0.4, -0.2) is 41.6 Å². The fourth-order valence-corrected chi connectivity index (χ4v) is 1.07. The van der Waals surface area contributed by atoms with Crippen LogP contribution >= 0.6 is 0 Å². The van der Waals surface area contributed by atoms with Crippen molar-refractivity contribution in [1.29, 1.82) is 0 Å². The van der Waals surface area contributed by atoms with Crippen LogP contribution < -0.4 is 5.32 Å². The van der Waals surface area contributed by atoms with Gasteiger partial charge in [0.15, 0.2) is 0 Å². The van der Waals surface area contributed by atoms with E-state index in [0.29, 0.717) is 5.92 Å². The molecular formula is C8H14N2O3. The third-order valence-corrected chi connectivity index (χ3v) is 2.14. The summed E-state index contributed by atoms with van der Waals surface area (Å²) in [4.78, 5) is 22.6. The van der Waals surface area contributed by atoms with Crippen LogP contribution in [0.1, 0.15) is 13.3 Å². The van der Waals surface area contributed by atoms with E-state index in [1.54, 1.807) is 0 Å². The van der Waals surface area contributed by atoms with Crippen molar-refractivity contribution in [2.24, 2.45) is 5.92 Å². The Kier molecular flexibility index (Phi) is 2.75. The van der Waals surface area contributed by atoms with Crippen molar-refractivity contribution in [3.8, 4) is 0 Å². The molecule has 0 aromatic heterocycles. The van der Waals surface area contributed by atoms with E-state index in [9.17, 15) is 9.59 Å². The molecule has 13 heavy (non-hydrogen) atoms. The number of hydrogen-bond acceptors (Lipinski definition) is 2. The molecule has 0 aromatic rings. The number of carbonyl (C=O) groups excluding carboxylic acids is 1. The first kappa shape index (κ1) is 9.83. The van der Waals surface area contributed by atoms with Crippen LogP contribution in [0.4, 0.5) is 4.79 Å². The summed E-state index contributed by atoms with van der Waals surface area (Å²) in [6, 6.07) is -0.0690. The van der Waals surface area contributed by atoms with Gasteiger partial charge in [0.05, 0.1) is 0 Å². The smallest absolute Gasteiger partial charge is 0.323 e. The maximum absolute atomic E-state index is 11.2. The number of carbonyl (C=O) groups is 2. The fraction of sp³-hybridized carbons (Fsp3) is 0.750. The Hall–Kier alpha value is -1.26. The Morgan fingerprint density at radius 3 is 2.54 bits per heavy atom. The van der Waals surface area contributed by atoms with Gasteiger partial charge in [-0.15, -0.1) is 0 Å². The van der Waals surface area contributed by atoms with E-state index in [1.807, 2.05) is 6.92 Å². The van der Waals surface area contributed by atoms with E-state index in [4.69, 9.17) is 5.11 Å². The van der Waals surface area contributed by atoms with Crippen LogP contribution in [0, 0.1) is 5.92 Å². The van der Waals surface area contributed by atoms with Crippen LogP contribution in [0.3, 0.4) is 0 Å². The molecule has 1 aliphatic rings. The topological polar surface area (TPSA) is 69.6 Å². The summed E-state index contributed by atoms with van der Waals surface area (Å²) in [5, 5.41) is 11.1. The highest BCUT2D eigenvalue weighted by Crippen LogP contribution is 2.28. The normalized spacial score (nSPS) is 25.1. The van der Waals surface area contributed by atoms with Crippen LogP contribution in [-0.2, 0) is 4.79 Å². The van der Waals surface area contributed by atoms with E-state index >= 15 is 0 Å². The van der Waals surface area contributed by atoms with Crippen LogP contribution in [0.25, 0.3) is 0 Å². The number of carboxylic acid groups (broad SMARTS) is 1. The molecule has 0 spiro atoms. The van der Waals surface area contributed by atoms with Crippen molar-refractivity contribution in [3.63, 3.8) is 0 Å². The zero-order valence-electron chi connectivity index (χ0n) is 7.78. The van der Waals surface area contributed by atoms with Gasteiger partial charge in [-0.25, -0.2) is 4.79 Å². The number of likely N-dealkylation sites (N-methyl/N-ethyl adjacent to an activating group) is 1. The molecule has 2 unspecified atom stereocenters. The molecule has 1 saturated carbocycles. The van der Waals surface area contributed by atoms with Crippen LogP contribution in [0.5, 0.6) is 0 Å². The highest BCUT2D eigenvalue weighted by Gasteiger charge is 2.34. The Bertz CT molecular complexity index is 229. The van der Waals surface area contributed by atoms with E-state index in [-0.39, 0.29) is 18.6 Å². The van der Waals surface area contributed by atoms with E-state index in [1.165, 1.54) is 7.05 Å². The molecule has 5 nitrogen and oxygen atoms in total. The molecular weight excluding hydrogens is 172 g/mol. The average Bonchev–Trinajstić information content (AvgIpc) is 2.64. The van der Waals surface area contributed by atoms with Gasteiger partial charge in [0.25, 0.3) is 0 Å². The number of nitrogens with one attached hydrogen (secondary N) is 1. The highest BCUT2D eigenvalue weighted by atomic mass is 16.4. The first-order chi connectivity index (χ1) is 6.00. The highest BCUT2D eigenvalue weighted by molar-refractivity contribution is 5.80. The molecule has 0 heterocycles. The minimum atomic E-state index is -0.999. The largest absolute Gasteiger partial charge is 0.480 e. The second-order valence-electron chi connectivity index (χ2n) is 3.52. The maximum Gasteiger partial charge on any atom is 0.323 e. The predicted octanol–water partition coefficient (Wildman–Crippen LogP) is 0.121. The molecule has 0 radical (unpaired) electrons. The summed E-state index contributed by atoms with van der Waals surface area (Å²) in [5.74, 6) is -0.469. The van der Waals surface area contributed by atoms with Gasteiger partial charge in [0.2, 0.25) is 0 Å². The van der Waals surface area contributed by atoms with Crippen molar-refractivity contribution in [1.82, 2.24) is 10.2 Å². The quantitative estimate of drug-likeness (QED) is 0.657. The lowest BCUT2D eigenvalue weighted by atomic mass is 10.5. The van der Waals surface area contributed by atoms with Crippen LogP contribution in [0.2, 0.25) is 0 Å². The molecule has 1 aliphatic carbocycles. The van der Waals surface area contributed by atoms with Crippen LogP contribution in [0.15, 0.2) is 0 Å². The zero-order chi connectivity index (χ0) is 10.0. The molecule has 0 bridgehead atoms. The molecule has 1 fully saturated rings. The third kappa shape index (κ3) is 2.93. The SMILES string of the molecule is CC1CC1NC(=O)N(C)CC(=O)O. The predicted molar refractivity (Wildman–Crippen MR) is 46.4 cm³/mol. The van der Waals surface area contributed by atoms with Crippen molar-refractivity contribution in [2.75, 3.05) is 13.6 Å². The van der Waals surface area contributed by atoms with Gasteiger partial charge in [0, 0.05) is 13.1 Å². The second-order valence-corrected chi connectivity index (χ2v) is 3.52. The minimum Gasteiger partial charge on any atom is -0.480 e. The first-order valence-corrected chi connectivity index (χ1v) is 4.24. The third-order valence-electron chi connectivity index (χ3n) is 2.14. The van der Waals surface area contributed by atoms with Crippen molar-refractivity contribution in [2.45, 2.75) is 19.4 Å². The number of carboxylic acids is 1. The molecule has 0 aliphatic heterocycles. The lowest BCUT2D eigenvalue weighted by Gasteiger charge is -2.15. The lowest BCUT2D eigenvalue weighted by molar-refractivity contribution is -0.137. The number of urea groups is 1. The summed E-state index contributed by atoms with van der Waals surface area (Å²) in [5.41, 5.74) is 0. The summed E-state index contributed by atoms with van der Waals surface area (Å²) in [6.45, 7) is 1.79. The molecule has 0 saturated heterocycles. The monoisotopic (exact) mass is 186 g/mol. The average molecular weight is 186 g/mol. The minimum absolute atomic E-state index is 0.240. The van der Waals surface area contributed by atoms with Gasteiger partial charge >= 0.3 is 12.0 Å². The molecule has 1 rings (SSSR count). The van der Waals surface area contributed by atoms with E-state index < -0.39 is 5.97 Å². The Morgan fingerprint density at radius 1 is 1.62 bits per heavy atom. The first-order valence-electron chi connectivity index (χ1n) is 4.24. The molecule has 0 aromatic carbocycles. The summed E-state index contributed by atoms with van der Waals surface area (Å²) in [6.07, 6.45) is 0.993. The van der Waals surface area contributed by atoms with Gasteiger partial charge in [-0.2, -0.15) is 0 Å². The molecule has 2 N–H and O–H groups in total. The van der Waals surface area contributed by atoms with Gasteiger partial charge < -0.3 is 15.3 Å². The maximum atomic E-state index is 11.2. The molecule has 74 valence electrons. The number of rotatable bonds is 3.